The van der Waals surface area contributed by atoms with Crippen molar-refractivity contribution in [1.29, 1.82) is 0 Å². The SMILES string of the molecule is CCOC(=O)c1cc(C)nn1-c1ccc(F)c(F)c1. The molecule has 19 heavy (non-hydrogen) atoms. The highest BCUT2D eigenvalue weighted by Gasteiger charge is 2.17. The lowest BCUT2D eigenvalue weighted by molar-refractivity contribution is 0.0515. The first-order chi connectivity index (χ1) is 9.02. The van der Waals surface area contributed by atoms with Crippen LogP contribution in [-0.2, 0) is 4.74 Å². The smallest absolute Gasteiger partial charge is 0.357 e. The first kappa shape index (κ1) is 13.2. The van der Waals surface area contributed by atoms with E-state index in [1.54, 1.807) is 13.8 Å². The summed E-state index contributed by atoms with van der Waals surface area (Å²) in [5.74, 6) is -2.52. The summed E-state index contributed by atoms with van der Waals surface area (Å²) in [4.78, 5) is 11.8. The van der Waals surface area contributed by atoms with Gasteiger partial charge in [0.05, 0.1) is 18.0 Å². The largest absolute Gasteiger partial charge is 0.461 e. The lowest BCUT2D eigenvalue weighted by Crippen LogP contribution is -2.12. The lowest BCUT2D eigenvalue weighted by Gasteiger charge is -2.07. The molecular formula is C13H12F2N2O2. The molecule has 1 aromatic heterocycles. The number of hydrogen-bond acceptors (Lipinski definition) is 3. The van der Waals surface area contributed by atoms with Gasteiger partial charge < -0.3 is 4.74 Å². The minimum Gasteiger partial charge on any atom is -0.461 e. The zero-order valence-corrected chi connectivity index (χ0v) is 10.5. The number of rotatable bonds is 3. The van der Waals surface area contributed by atoms with Gasteiger partial charge >= 0.3 is 5.97 Å². The quantitative estimate of drug-likeness (QED) is 0.802. The third-order valence-electron chi connectivity index (χ3n) is 2.46. The first-order valence-electron chi connectivity index (χ1n) is 5.72. The Bertz CT molecular complexity index is 623. The van der Waals surface area contributed by atoms with E-state index in [0.717, 1.165) is 12.1 Å². The number of nitrogens with zero attached hydrogens (tertiary/aromatic N) is 2. The molecule has 0 aliphatic heterocycles. The fourth-order valence-corrected chi connectivity index (χ4v) is 1.66. The van der Waals surface area contributed by atoms with E-state index < -0.39 is 17.6 Å². The van der Waals surface area contributed by atoms with Crippen molar-refractivity contribution >= 4 is 5.97 Å². The Hall–Kier alpha value is -2.24. The Balaban J connectivity index is 2.49. The summed E-state index contributed by atoms with van der Waals surface area (Å²) in [5.41, 5.74) is 1.01. The molecule has 0 bridgehead atoms. The summed E-state index contributed by atoms with van der Waals surface area (Å²) in [6, 6.07) is 4.83. The average Bonchev–Trinajstić information content (AvgIpc) is 2.75. The third-order valence-corrected chi connectivity index (χ3v) is 2.46. The minimum atomic E-state index is -1.000. The predicted octanol–water partition coefficient (Wildman–Crippen LogP) is 2.64. The van der Waals surface area contributed by atoms with Crippen molar-refractivity contribution in [2.24, 2.45) is 0 Å². The Kier molecular flexibility index (Phi) is 3.59. The van der Waals surface area contributed by atoms with Crippen LogP contribution in [0.15, 0.2) is 24.3 Å². The molecule has 0 N–H and O–H groups in total. The number of ether oxygens (including phenoxy) is 1. The number of aryl methyl sites for hydroxylation is 1. The molecule has 0 unspecified atom stereocenters. The Morgan fingerprint density at radius 1 is 1.32 bits per heavy atom. The van der Waals surface area contributed by atoms with Crippen LogP contribution in [0.4, 0.5) is 8.78 Å². The van der Waals surface area contributed by atoms with Crippen LogP contribution in [0.1, 0.15) is 23.1 Å². The lowest BCUT2D eigenvalue weighted by atomic mass is 10.3. The molecule has 0 aliphatic rings. The van der Waals surface area contributed by atoms with Crippen molar-refractivity contribution in [3.05, 3.63) is 47.3 Å². The van der Waals surface area contributed by atoms with Crippen molar-refractivity contribution in [2.75, 3.05) is 6.61 Å². The maximum absolute atomic E-state index is 13.2. The number of aromatic nitrogens is 2. The van der Waals surface area contributed by atoms with E-state index in [1.165, 1.54) is 16.8 Å². The molecular weight excluding hydrogens is 254 g/mol. The van der Waals surface area contributed by atoms with E-state index >= 15 is 0 Å². The van der Waals surface area contributed by atoms with E-state index in [0.29, 0.717) is 5.69 Å². The van der Waals surface area contributed by atoms with Gasteiger partial charge in [-0.25, -0.2) is 18.3 Å². The number of halogens is 2. The molecule has 2 aromatic rings. The van der Waals surface area contributed by atoms with E-state index in [4.69, 9.17) is 4.74 Å². The molecule has 0 atom stereocenters. The summed E-state index contributed by atoms with van der Waals surface area (Å²) in [6.45, 7) is 3.60. The summed E-state index contributed by atoms with van der Waals surface area (Å²) in [6.07, 6.45) is 0. The van der Waals surface area contributed by atoms with Crippen LogP contribution in [0.5, 0.6) is 0 Å². The van der Waals surface area contributed by atoms with E-state index in [9.17, 15) is 13.6 Å². The van der Waals surface area contributed by atoms with Gasteiger partial charge in [0.25, 0.3) is 0 Å². The molecule has 1 heterocycles. The van der Waals surface area contributed by atoms with Gasteiger partial charge in [-0.2, -0.15) is 5.10 Å². The topological polar surface area (TPSA) is 44.1 Å². The van der Waals surface area contributed by atoms with E-state index in [2.05, 4.69) is 5.10 Å². The second-order valence-corrected chi connectivity index (χ2v) is 3.90. The van der Waals surface area contributed by atoms with E-state index in [-0.39, 0.29) is 18.0 Å². The van der Waals surface area contributed by atoms with Crippen LogP contribution in [0.2, 0.25) is 0 Å². The van der Waals surface area contributed by atoms with Gasteiger partial charge in [0, 0.05) is 6.07 Å². The molecule has 0 fully saturated rings. The van der Waals surface area contributed by atoms with Gasteiger partial charge in [-0.1, -0.05) is 0 Å². The van der Waals surface area contributed by atoms with Crippen molar-refractivity contribution in [3.63, 3.8) is 0 Å². The van der Waals surface area contributed by atoms with Crippen LogP contribution >= 0.6 is 0 Å². The molecule has 2 rings (SSSR count). The van der Waals surface area contributed by atoms with Gasteiger partial charge in [0.15, 0.2) is 17.3 Å². The molecule has 4 nitrogen and oxygen atoms in total. The standard InChI is InChI=1S/C13H12F2N2O2/c1-3-19-13(18)12-6-8(2)16-17(12)9-4-5-10(14)11(15)7-9/h4-7H,3H2,1-2H3. The Morgan fingerprint density at radius 2 is 2.05 bits per heavy atom. The highest BCUT2D eigenvalue weighted by Crippen LogP contribution is 2.16. The zero-order chi connectivity index (χ0) is 14.0. The fraction of sp³-hybridized carbons (Fsp3) is 0.231. The van der Waals surface area contributed by atoms with E-state index in [1.807, 2.05) is 0 Å². The van der Waals surface area contributed by atoms with Crippen LogP contribution in [0, 0.1) is 18.6 Å². The van der Waals surface area contributed by atoms with Crippen molar-refractivity contribution in [2.45, 2.75) is 13.8 Å². The molecule has 0 saturated heterocycles. The summed E-state index contributed by atoms with van der Waals surface area (Å²) >= 11 is 0. The van der Waals surface area contributed by atoms with Crippen molar-refractivity contribution < 1.29 is 18.3 Å². The minimum absolute atomic E-state index is 0.172. The van der Waals surface area contributed by atoms with Gasteiger partial charge in [-0.15, -0.1) is 0 Å². The average molecular weight is 266 g/mol. The molecule has 1 aromatic carbocycles. The maximum Gasteiger partial charge on any atom is 0.357 e. The second kappa shape index (κ2) is 5.17. The molecule has 6 heteroatoms. The molecule has 0 spiro atoms. The number of hydrogen-bond donors (Lipinski definition) is 0. The van der Waals surface area contributed by atoms with Crippen molar-refractivity contribution in [1.82, 2.24) is 9.78 Å². The van der Waals surface area contributed by atoms with Crippen LogP contribution in [0.25, 0.3) is 5.69 Å². The zero-order valence-electron chi connectivity index (χ0n) is 10.5. The highest BCUT2D eigenvalue weighted by molar-refractivity contribution is 5.88. The highest BCUT2D eigenvalue weighted by atomic mass is 19.2. The monoisotopic (exact) mass is 266 g/mol. The molecule has 0 amide bonds. The fourth-order valence-electron chi connectivity index (χ4n) is 1.66. The number of esters is 1. The van der Waals surface area contributed by atoms with Crippen molar-refractivity contribution in [3.8, 4) is 5.69 Å². The number of carbonyl (C=O) groups is 1. The summed E-state index contributed by atoms with van der Waals surface area (Å²) < 4.78 is 32.2. The van der Waals surface area contributed by atoms with Gasteiger partial charge in [-0.05, 0) is 32.0 Å². The summed E-state index contributed by atoms with van der Waals surface area (Å²) in [5, 5.41) is 4.08. The molecule has 0 aliphatic carbocycles. The van der Waals surface area contributed by atoms with Crippen LogP contribution in [-0.4, -0.2) is 22.4 Å². The summed E-state index contributed by atoms with van der Waals surface area (Å²) in [7, 11) is 0. The normalized spacial score (nSPS) is 10.5. The third kappa shape index (κ3) is 2.62. The van der Waals surface area contributed by atoms with Gasteiger partial charge in [0.1, 0.15) is 0 Å². The number of carbonyl (C=O) groups excluding carboxylic acids is 1. The van der Waals surface area contributed by atoms with Crippen LogP contribution in [0.3, 0.4) is 0 Å². The van der Waals surface area contributed by atoms with Crippen LogP contribution < -0.4 is 0 Å². The number of benzene rings is 1. The van der Waals surface area contributed by atoms with Gasteiger partial charge in [-0.3, -0.25) is 0 Å². The Morgan fingerprint density at radius 3 is 2.68 bits per heavy atom. The maximum atomic E-state index is 13.2. The first-order valence-corrected chi connectivity index (χ1v) is 5.72. The molecule has 100 valence electrons. The second-order valence-electron chi connectivity index (χ2n) is 3.90. The predicted molar refractivity (Wildman–Crippen MR) is 64.2 cm³/mol. The van der Waals surface area contributed by atoms with Gasteiger partial charge in [0.2, 0.25) is 0 Å². The Labute approximate surface area is 108 Å². The molecule has 0 radical (unpaired) electrons. The molecule has 0 saturated carbocycles.